The van der Waals surface area contributed by atoms with Crippen molar-refractivity contribution in [2.24, 2.45) is 0 Å². The molecular weight excluding hydrogens is 205 g/mol. The minimum atomic E-state index is -0.219. The molecule has 0 aliphatic rings. The van der Waals surface area contributed by atoms with Gasteiger partial charge in [-0.3, -0.25) is 4.39 Å². The third-order valence-electron chi connectivity index (χ3n) is 2.66. The van der Waals surface area contributed by atoms with Gasteiger partial charge in [0.25, 0.3) is 0 Å². The molecule has 0 fully saturated rings. The highest BCUT2D eigenvalue weighted by Gasteiger charge is 2.01. The molecule has 1 rings (SSSR count). The molecule has 0 radical (unpaired) electrons. The lowest BCUT2D eigenvalue weighted by atomic mass is 10.2. The molecule has 0 aliphatic carbocycles. The summed E-state index contributed by atoms with van der Waals surface area (Å²) >= 11 is 0. The fourth-order valence-electron chi connectivity index (χ4n) is 1.64. The third-order valence-corrected chi connectivity index (χ3v) is 2.66. The van der Waals surface area contributed by atoms with Crippen LogP contribution in [0.3, 0.4) is 0 Å². The predicted octanol–water partition coefficient (Wildman–Crippen LogP) is 2.75. The molecule has 0 atom stereocenters. The van der Waals surface area contributed by atoms with Gasteiger partial charge in [-0.15, -0.1) is 0 Å². The van der Waals surface area contributed by atoms with E-state index in [9.17, 15) is 4.39 Å². The summed E-state index contributed by atoms with van der Waals surface area (Å²) in [4.78, 5) is 2.14. The van der Waals surface area contributed by atoms with Gasteiger partial charge in [-0.25, -0.2) is 0 Å². The molecule has 0 heterocycles. The van der Waals surface area contributed by atoms with Gasteiger partial charge in [-0.05, 0) is 37.0 Å². The Morgan fingerprint density at radius 2 is 2.06 bits per heavy atom. The van der Waals surface area contributed by atoms with Crippen LogP contribution in [0.1, 0.15) is 24.8 Å². The molecular formula is C13H20FNO. The summed E-state index contributed by atoms with van der Waals surface area (Å²) in [6, 6.07) is 7.85. The number of aliphatic hydroxyl groups excluding tert-OH is 1. The zero-order valence-corrected chi connectivity index (χ0v) is 9.82. The molecule has 0 unspecified atom stereocenters. The molecule has 0 spiro atoms. The standard InChI is InChI=1S/C13H20FNO/c1-15(9-4-2-3-8-14)13-7-5-6-12(10-13)11-16/h5-7,10,16H,2-4,8-9,11H2,1H3. The van der Waals surface area contributed by atoms with E-state index in [1.54, 1.807) is 0 Å². The van der Waals surface area contributed by atoms with Crippen molar-refractivity contribution in [1.29, 1.82) is 0 Å². The summed E-state index contributed by atoms with van der Waals surface area (Å²) in [6.07, 6.45) is 2.59. The number of hydrogen-bond acceptors (Lipinski definition) is 2. The molecule has 2 nitrogen and oxygen atoms in total. The summed E-state index contributed by atoms with van der Waals surface area (Å²) in [5.74, 6) is 0. The van der Waals surface area contributed by atoms with Gasteiger partial charge in [0.2, 0.25) is 0 Å². The van der Waals surface area contributed by atoms with Crippen molar-refractivity contribution < 1.29 is 9.50 Å². The Kier molecular flexibility index (Phi) is 5.86. The van der Waals surface area contributed by atoms with Crippen molar-refractivity contribution in [2.75, 3.05) is 25.2 Å². The van der Waals surface area contributed by atoms with Crippen LogP contribution in [0, 0.1) is 0 Å². The molecule has 0 amide bonds. The Bertz CT molecular complexity index is 304. The van der Waals surface area contributed by atoms with Crippen LogP contribution in [0.4, 0.5) is 10.1 Å². The monoisotopic (exact) mass is 225 g/mol. The molecule has 0 bridgehead atoms. The second-order valence-corrected chi connectivity index (χ2v) is 4.00. The van der Waals surface area contributed by atoms with Gasteiger partial charge in [-0.2, -0.15) is 0 Å². The number of halogens is 1. The van der Waals surface area contributed by atoms with Crippen LogP contribution in [-0.2, 0) is 6.61 Å². The van der Waals surface area contributed by atoms with Crippen molar-refractivity contribution >= 4 is 5.69 Å². The van der Waals surface area contributed by atoms with Gasteiger partial charge in [0.1, 0.15) is 0 Å². The second kappa shape index (κ2) is 7.23. The fraction of sp³-hybridized carbons (Fsp3) is 0.538. The van der Waals surface area contributed by atoms with Crippen molar-refractivity contribution in [3.63, 3.8) is 0 Å². The Morgan fingerprint density at radius 3 is 2.75 bits per heavy atom. The van der Waals surface area contributed by atoms with Crippen molar-refractivity contribution in [2.45, 2.75) is 25.9 Å². The number of nitrogens with zero attached hydrogens (tertiary/aromatic N) is 1. The first-order valence-electron chi connectivity index (χ1n) is 5.75. The summed E-state index contributed by atoms with van der Waals surface area (Å²) in [7, 11) is 2.02. The maximum Gasteiger partial charge on any atom is 0.0894 e. The van der Waals surface area contributed by atoms with E-state index in [-0.39, 0.29) is 13.3 Å². The Morgan fingerprint density at radius 1 is 1.25 bits per heavy atom. The average molecular weight is 225 g/mol. The van der Waals surface area contributed by atoms with E-state index < -0.39 is 0 Å². The fourth-order valence-corrected chi connectivity index (χ4v) is 1.64. The molecule has 0 aromatic heterocycles. The number of hydrogen-bond donors (Lipinski definition) is 1. The maximum atomic E-state index is 11.9. The number of alkyl halides is 1. The largest absolute Gasteiger partial charge is 0.392 e. The zero-order valence-electron chi connectivity index (χ0n) is 9.82. The van der Waals surface area contributed by atoms with Gasteiger partial charge >= 0.3 is 0 Å². The number of benzene rings is 1. The lowest BCUT2D eigenvalue weighted by Crippen LogP contribution is -2.18. The van der Waals surface area contributed by atoms with Crippen LogP contribution in [0.2, 0.25) is 0 Å². The van der Waals surface area contributed by atoms with Gasteiger partial charge in [0.05, 0.1) is 13.3 Å². The number of anilines is 1. The van der Waals surface area contributed by atoms with Crippen molar-refractivity contribution in [3.8, 4) is 0 Å². The highest BCUT2D eigenvalue weighted by Crippen LogP contribution is 2.15. The van der Waals surface area contributed by atoms with Crippen molar-refractivity contribution in [3.05, 3.63) is 29.8 Å². The summed E-state index contributed by atoms with van der Waals surface area (Å²) in [5.41, 5.74) is 2.03. The summed E-state index contributed by atoms with van der Waals surface area (Å²) in [6.45, 7) is 0.780. The Hall–Kier alpha value is -1.09. The van der Waals surface area contributed by atoms with Gasteiger partial charge < -0.3 is 10.0 Å². The highest BCUT2D eigenvalue weighted by atomic mass is 19.1. The molecule has 0 aliphatic heterocycles. The zero-order chi connectivity index (χ0) is 11.8. The molecule has 0 saturated carbocycles. The molecule has 0 saturated heterocycles. The highest BCUT2D eigenvalue weighted by molar-refractivity contribution is 5.47. The van der Waals surface area contributed by atoms with E-state index in [0.29, 0.717) is 6.42 Å². The lowest BCUT2D eigenvalue weighted by molar-refractivity contribution is 0.282. The molecule has 90 valence electrons. The van der Waals surface area contributed by atoms with E-state index >= 15 is 0 Å². The van der Waals surface area contributed by atoms with Gasteiger partial charge in [0, 0.05) is 19.3 Å². The molecule has 1 N–H and O–H groups in total. The summed E-state index contributed by atoms with van der Waals surface area (Å²) in [5, 5.41) is 9.03. The molecule has 1 aromatic rings. The average Bonchev–Trinajstić information content (AvgIpc) is 2.34. The quantitative estimate of drug-likeness (QED) is 0.721. The predicted molar refractivity (Wildman–Crippen MR) is 65.5 cm³/mol. The first-order chi connectivity index (χ1) is 7.77. The van der Waals surface area contributed by atoms with Gasteiger partial charge in [0.15, 0.2) is 0 Å². The summed E-state index contributed by atoms with van der Waals surface area (Å²) < 4.78 is 11.9. The number of rotatable bonds is 7. The smallest absolute Gasteiger partial charge is 0.0894 e. The molecule has 3 heteroatoms. The number of aliphatic hydroxyl groups is 1. The lowest BCUT2D eigenvalue weighted by Gasteiger charge is -2.19. The number of unbranched alkanes of at least 4 members (excludes halogenated alkanes) is 2. The van der Waals surface area contributed by atoms with E-state index in [1.165, 1.54) is 0 Å². The molecule has 16 heavy (non-hydrogen) atoms. The Labute approximate surface area is 96.7 Å². The Balaban J connectivity index is 2.42. The van der Waals surface area contributed by atoms with Crippen molar-refractivity contribution in [1.82, 2.24) is 0 Å². The first kappa shape index (κ1) is 13.0. The minimum Gasteiger partial charge on any atom is -0.392 e. The van der Waals surface area contributed by atoms with Crippen LogP contribution in [0.5, 0.6) is 0 Å². The van der Waals surface area contributed by atoms with E-state index in [4.69, 9.17) is 5.11 Å². The molecule has 1 aromatic carbocycles. The normalized spacial score (nSPS) is 10.4. The SMILES string of the molecule is CN(CCCCCF)c1cccc(CO)c1. The maximum absolute atomic E-state index is 11.9. The van der Waals surface area contributed by atoms with Crippen LogP contribution in [0.15, 0.2) is 24.3 Å². The topological polar surface area (TPSA) is 23.5 Å². The van der Waals surface area contributed by atoms with Crippen LogP contribution < -0.4 is 4.90 Å². The van der Waals surface area contributed by atoms with Crippen LogP contribution in [0.25, 0.3) is 0 Å². The minimum absolute atomic E-state index is 0.0729. The van der Waals surface area contributed by atoms with Crippen LogP contribution in [-0.4, -0.2) is 25.4 Å². The van der Waals surface area contributed by atoms with Gasteiger partial charge in [-0.1, -0.05) is 12.1 Å². The van der Waals surface area contributed by atoms with Crippen LogP contribution >= 0.6 is 0 Å². The first-order valence-corrected chi connectivity index (χ1v) is 5.75. The van der Waals surface area contributed by atoms with E-state index in [2.05, 4.69) is 4.90 Å². The van der Waals surface area contributed by atoms with E-state index in [1.807, 2.05) is 31.3 Å². The van der Waals surface area contributed by atoms with E-state index in [0.717, 1.165) is 30.6 Å². The second-order valence-electron chi connectivity index (χ2n) is 4.00. The third kappa shape index (κ3) is 4.19.